The second-order valence-corrected chi connectivity index (χ2v) is 6.28. The van der Waals surface area contributed by atoms with Gasteiger partial charge in [-0.3, -0.25) is 0 Å². The van der Waals surface area contributed by atoms with Crippen LogP contribution in [0.3, 0.4) is 0 Å². The highest BCUT2D eigenvalue weighted by atomic mass is 19.2. The van der Waals surface area contributed by atoms with Crippen molar-refractivity contribution >= 4 is 0 Å². The first-order valence-corrected chi connectivity index (χ1v) is 7.72. The molecule has 1 aromatic rings. The van der Waals surface area contributed by atoms with Gasteiger partial charge in [-0.05, 0) is 48.9 Å². The summed E-state index contributed by atoms with van der Waals surface area (Å²) in [6, 6.07) is 4.61. The Morgan fingerprint density at radius 1 is 1.15 bits per heavy atom. The fourth-order valence-electron chi connectivity index (χ4n) is 3.42. The average molecular weight is 281 g/mol. The molecular weight excluding hydrogens is 256 g/mol. The monoisotopic (exact) mass is 281 g/mol. The molecule has 0 aromatic heterocycles. The second kappa shape index (κ2) is 6.66. The number of likely N-dealkylation sites (N-methyl/N-ethyl adjacent to an activating group) is 1. The van der Waals surface area contributed by atoms with E-state index in [-0.39, 0.29) is 5.41 Å². The summed E-state index contributed by atoms with van der Waals surface area (Å²) in [6.07, 6.45) is 7.07. The van der Waals surface area contributed by atoms with Gasteiger partial charge in [0.05, 0.1) is 0 Å². The van der Waals surface area contributed by atoms with E-state index in [1.165, 1.54) is 44.2 Å². The van der Waals surface area contributed by atoms with Crippen LogP contribution in [0, 0.1) is 17.0 Å². The molecule has 1 aliphatic rings. The van der Waals surface area contributed by atoms with Crippen molar-refractivity contribution in [3.05, 3.63) is 35.4 Å². The highest BCUT2D eigenvalue weighted by Crippen LogP contribution is 2.39. The number of hydrogen-bond donors (Lipinski definition) is 1. The maximum atomic E-state index is 13.4. The zero-order chi connectivity index (χ0) is 14.6. The molecular formula is C17H25F2N. The second-order valence-electron chi connectivity index (χ2n) is 6.28. The highest BCUT2D eigenvalue weighted by molar-refractivity contribution is 5.19. The lowest BCUT2D eigenvalue weighted by atomic mass is 9.69. The Morgan fingerprint density at radius 2 is 1.85 bits per heavy atom. The molecule has 0 spiro atoms. The van der Waals surface area contributed by atoms with Gasteiger partial charge in [-0.25, -0.2) is 8.78 Å². The Morgan fingerprint density at radius 3 is 2.45 bits per heavy atom. The van der Waals surface area contributed by atoms with Gasteiger partial charge in [0.1, 0.15) is 0 Å². The molecule has 1 saturated carbocycles. The molecule has 1 N–H and O–H groups in total. The quantitative estimate of drug-likeness (QED) is 0.840. The normalized spacial score (nSPS) is 19.8. The van der Waals surface area contributed by atoms with E-state index >= 15 is 0 Å². The molecule has 1 fully saturated rings. The molecule has 20 heavy (non-hydrogen) atoms. The zero-order valence-electron chi connectivity index (χ0n) is 12.5. The van der Waals surface area contributed by atoms with Gasteiger partial charge in [0.25, 0.3) is 0 Å². The molecule has 2 rings (SSSR count). The maximum Gasteiger partial charge on any atom is 0.159 e. The van der Waals surface area contributed by atoms with Gasteiger partial charge in [0, 0.05) is 6.04 Å². The Kier molecular flexibility index (Phi) is 5.14. The van der Waals surface area contributed by atoms with Gasteiger partial charge in [0.15, 0.2) is 11.6 Å². The summed E-state index contributed by atoms with van der Waals surface area (Å²) in [5.74, 6) is -1.51. The molecule has 1 unspecified atom stereocenters. The van der Waals surface area contributed by atoms with Crippen LogP contribution < -0.4 is 5.32 Å². The van der Waals surface area contributed by atoms with E-state index in [2.05, 4.69) is 19.2 Å². The predicted octanol–water partition coefficient (Wildman–Crippen LogP) is 4.46. The summed E-state index contributed by atoms with van der Waals surface area (Å²) in [6.45, 7) is 5.34. The molecule has 0 aliphatic heterocycles. The summed E-state index contributed by atoms with van der Waals surface area (Å²) in [4.78, 5) is 0. The van der Waals surface area contributed by atoms with Crippen molar-refractivity contribution in [2.24, 2.45) is 5.41 Å². The fraction of sp³-hybridized carbons (Fsp3) is 0.647. The van der Waals surface area contributed by atoms with E-state index in [1.54, 1.807) is 6.07 Å². The molecule has 0 bridgehead atoms. The average Bonchev–Trinajstić information content (AvgIpc) is 2.43. The van der Waals surface area contributed by atoms with Gasteiger partial charge in [-0.1, -0.05) is 39.2 Å². The SMILES string of the molecule is CCNC(Cc1ccc(F)c(F)c1)C1(C)CCCCC1. The smallest absolute Gasteiger partial charge is 0.159 e. The number of halogens is 2. The molecule has 3 heteroatoms. The number of benzene rings is 1. The Labute approximate surface area is 120 Å². The Bertz CT molecular complexity index is 439. The minimum absolute atomic E-state index is 0.263. The van der Waals surface area contributed by atoms with E-state index in [0.717, 1.165) is 18.5 Å². The minimum atomic E-state index is -0.766. The van der Waals surface area contributed by atoms with Gasteiger partial charge < -0.3 is 5.32 Å². The van der Waals surface area contributed by atoms with Crippen molar-refractivity contribution in [3.63, 3.8) is 0 Å². The third kappa shape index (κ3) is 3.57. The summed E-state index contributed by atoms with van der Waals surface area (Å²) >= 11 is 0. The summed E-state index contributed by atoms with van der Waals surface area (Å²) in [7, 11) is 0. The largest absolute Gasteiger partial charge is 0.313 e. The first-order chi connectivity index (χ1) is 9.55. The zero-order valence-corrected chi connectivity index (χ0v) is 12.5. The van der Waals surface area contributed by atoms with Crippen LogP contribution in [-0.2, 0) is 6.42 Å². The van der Waals surface area contributed by atoms with Crippen LogP contribution in [0.2, 0.25) is 0 Å². The van der Waals surface area contributed by atoms with E-state index in [0.29, 0.717) is 6.04 Å². The molecule has 1 atom stereocenters. The molecule has 112 valence electrons. The molecule has 1 aliphatic carbocycles. The van der Waals surface area contributed by atoms with Crippen molar-refractivity contribution in [2.45, 2.75) is 58.4 Å². The first-order valence-electron chi connectivity index (χ1n) is 7.72. The third-order valence-electron chi connectivity index (χ3n) is 4.71. The topological polar surface area (TPSA) is 12.0 Å². The summed E-state index contributed by atoms with van der Waals surface area (Å²) in [5.41, 5.74) is 1.14. The van der Waals surface area contributed by atoms with Crippen LogP contribution in [0.15, 0.2) is 18.2 Å². The molecule has 0 saturated heterocycles. The van der Waals surface area contributed by atoms with Crippen LogP contribution in [-0.4, -0.2) is 12.6 Å². The maximum absolute atomic E-state index is 13.4. The van der Waals surface area contributed by atoms with Crippen molar-refractivity contribution in [3.8, 4) is 0 Å². The first kappa shape index (κ1) is 15.4. The standard InChI is InChI=1S/C17H25F2N/c1-3-20-16(17(2)9-5-4-6-10-17)12-13-7-8-14(18)15(19)11-13/h7-8,11,16,20H,3-6,9-10,12H2,1-2H3. The van der Waals surface area contributed by atoms with Gasteiger partial charge in [0.2, 0.25) is 0 Å². The van der Waals surface area contributed by atoms with Crippen LogP contribution in [0.4, 0.5) is 8.78 Å². The molecule has 0 amide bonds. The Hall–Kier alpha value is -0.960. The van der Waals surface area contributed by atoms with Crippen molar-refractivity contribution in [1.82, 2.24) is 5.32 Å². The highest BCUT2D eigenvalue weighted by Gasteiger charge is 2.34. The summed E-state index contributed by atoms with van der Waals surface area (Å²) in [5, 5.41) is 3.56. The van der Waals surface area contributed by atoms with Crippen LogP contribution in [0.5, 0.6) is 0 Å². The molecule has 1 aromatic carbocycles. The van der Waals surface area contributed by atoms with Gasteiger partial charge in [-0.2, -0.15) is 0 Å². The van der Waals surface area contributed by atoms with Crippen LogP contribution in [0.1, 0.15) is 51.5 Å². The van der Waals surface area contributed by atoms with Crippen molar-refractivity contribution in [2.75, 3.05) is 6.54 Å². The molecule has 1 nitrogen and oxygen atoms in total. The van der Waals surface area contributed by atoms with Gasteiger partial charge in [-0.15, -0.1) is 0 Å². The van der Waals surface area contributed by atoms with Crippen LogP contribution in [0.25, 0.3) is 0 Å². The molecule has 0 radical (unpaired) electrons. The summed E-state index contributed by atoms with van der Waals surface area (Å²) < 4.78 is 26.4. The number of hydrogen-bond acceptors (Lipinski definition) is 1. The Balaban J connectivity index is 2.13. The lowest BCUT2D eigenvalue weighted by Gasteiger charge is -2.41. The van der Waals surface area contributed by atoms with E-state index in [9.17, 15) is 8.78 Å². The predicted molar refractivity (Wildman–Crippen MR) is 78.7 cm³/mol. The van der Waals surface area contributed by atoms with E-state index < -0.39 is 11.6 Å². The van der Waals surface area contributed by atoms with Crippen molar-refractivity contribution in [1.29, 1.82) is 0 Å². The van der Waals surface area contributed by atoms with E-state index in [4.69, 9.17) is 0 Å². The third-order valence-corrected chi connectivity index (χ3v) is 4.71. The van der Waals surface area contributed by atoms with Gasteiger partial charge >= 0.3 is 0 Å². The van der Waals surface area contributed by atoms with E-state index in [1.807, 2.05) is 0 Å². The molecule has 0 heterocycles. The minimum Gasteiger partial charge on any atom is -0.313 e. The lowest BCUT2D eigenvalue weighted by Crippen LogP contribution is -2.46. The number of rotatable bonds is 5. The van der Waals surface area contributed by atoms with Crippen LogP contribution >= 0.6 is 0 Å². The lowest BCUT2D eigenvalue weighted by molar-refractivity contribution is 0.144. The van der Waals surface area contributed by atoms with Crippen molar-refractivity contribution < 1.29 is 8.78 Å². The number of nitrogens with one attached hydrogen (secondary N) is 1. The fourth-order valence-corrected chi connectivity index (χ4v) is 3.42.